The molecule has 0 aliphatic heterocycles. The summed E-state index contributed by atoms with van der Waals surface area (Å²) in [6.45, 7) is 6.57. The van der Waals surface area contributed by atoms with E-state index in [4.69, 9.17) is 4.74 Å². The van der Waals surface area contributed by atoms with Gasteiger partial charge in [0.1, 0.15) is 18.1 Å². The highest BCUT2D eigenvalue weighted by Crippen LogP contribution is 2.26. The average molecular weight is 333 g/mol. The standard InChI is InChI=1S/C20H17NO2.C2H6/c1-15-17(14-23-19-11-10-18(13-22)21-12-19)8-5-9-20(15)16-6-3-2-4-7-16;1-2/h2-13H,14H2,1H3;1-2H3. The van der Waals surface area contributed by atoms with Crippen molar-refractivity contribution in [1.29, 1.82) is 0 Å². The Morgan fingerprint density at radius 3 is 2.36 bits per heavy atom. The van der Waals surface area contributed by atoms with Crippen LogP contribution in [0.5, 0.6) is 5.75 Å². The van der Waals surface area contributed by atoms with Gasteiger partial charge in [0.05, 0.1) is 6.20 Å². The molecule has 1 aromatic heterocycles. The van der Waals surface area contributed by atoms with Gasteiger partial charge in [-0.1, -0.05) is 62.4 Å². The van der Waals surface area contributed by atoms with E-state index in [0.29, 0.717) is 18.1 Å². The SMILES string of the molecule is CC.Cc1c(COc2ccc(C=O)nc2)cccc1-c1ccccc1. The minimum atomic E-state index is 0.402. The minimum Gasteiger partial charge on any atom is -0.487 e. The van der Waals surface area contributed by atoms with Crippen molar-refractivity contribution in [1.82, 2.24) is 4.98 Å². The first-order valence-corrected chi connectivity index (χ1v) is 8.46. The first kappa shape index (κ1) is 18.4. The molecule has 3 rings (SSSR count). The molecular formula is C22H23NO2. The molecule has 0 fully saturated rings. The third-order valence-electron chi connectivity index (χ3n) is 3.81. The predicted octanol–water partition coefficient (Wildman–Crippen LogP) is 5.47. The molecule has 3 nitrogen and oxygen atoms in total. The Labute approximate surface area is 149 Å². The lowest BCUT2D eigenvalue weighted by Gasteiger charge is -2.12. The average Bonchev–Trinajstić information content (AvgIpc) is 2.70. The van der Waals surface area contributed by atoms with Gasteiger partial charge in [-0.25, -0.2) is 4.98 Å². The zero-order chi connectivity index (χ0) is 18.1. The number of pyridine rings is 1. The molecular weight excluding hydrogens is 310 g/mol. The number of hydrogen-bond donors (Lipinski definition) is 0. The van der Waals surface area contributed by atoms with Crippen LogP contribution in [0, 0.1) is 6.92 Å². The van der Waals surface area contributed by atoms with E-state index in [2.05, 4.69) is 36.2 Å². The van der Waals surface area contributed by atoms with Crippen molar-refractivity contribution >= 4 is 6.29 Å². The molecule has 0 atom stereocenters. The summed E-state index contributed by atoms with van der Waals surface area (Å²) < 4.78 is 5.78. The fourth-order valence-electron chi connectivity index (χ4n) is 2.48. The Morgan fingerprint density at radius 2 is 1.72 bits per heavy atom. The molecule has 128 valence electrons. The first-order chi connectivity index (χ1) is 12.3. The van der Waals surface area contributed by atoms with E-state index in [1.165, 1.54) is 16.7 Å². The lowest BCUT2D eigenvalue weighted by molar-refractivity contribution is 0.111. The predicted molar refractivity (Wildman–Crippen MR) is 102 cm³/mol. The van der Waals surface area contributed by atoms with Crippen molar-refractivity contribution in [2.75, 3.05) is 0 Å². The highest BCUT2D eigenvalue weighted by Gasteiger charge is 2.06. The summed E-state index contributed by atoms with van der Waals surface area (Å²) in [6.07, 6.45) is 2.29. The second-order valence-electron chi connectivity index (χ2n) is 5.28. The lowest BCUT2D eigenvalue weighted by Crippen LogP contribution is -2.00. The maximum absolute atomic E-state index is 10.6. The van der Waals surface area contributed by atoms with E-state index in [1.807, 2.05) is 38.1 Å². The summed E-state index contributed by atoms with van der Waals surface area (Å²) in [4.78, 5) is 14.6. The number of carbonyl (C=O) groups excluding carboxylic acids is 1. The quantitative estimate of drug-likeness (QED) is 0.581. The number of hydrogen-bond acceptors (Lipinski definition) is 3. The van der Waals surface area contributed by atoms with Gasteiger partial charge in [-0.15, -0.1) is 0 Å². The van der Waals surface area contributed by atoms with Crippen LogP contribution in [0.4, 0.5) is 0 Å². The lowest BCUT2D eigenvalue weighted by atomic mass is 9.97. The van der Waals surface area contributed by atoms with Gasteiger partial charge < -0.3 is 4.74 Å². The van der Waals surface area contributed by atoms with E-state index in [9.17, 15) is 4.79 Å². The minimum absolute atomic E-state index is 0.402. The third-order valence-corrected chi connectivity index (χ3v) is 3.81. The Bertz CT molecular complexity index is 796. The fourth-order valence-corrected chi connectivity index (χ4v) is 2.48. The van der Waals surface area contributed by atoms with Crippen molar-refractivity contribution in [2.24, 2.45) is 0 Å². The van der Waals surface area contributed by atoms with Gasteiger partial charge in [0.25, 0.3) is 0 Å². The topological polar surface area (TPSA) is 39.2 Å². The van der Waals surface area contributed by atoms with Crippen LogP contribution in [0.15, 0.2) is 66.9 Å². The smallest absolute Gasteiger partial charge is 0.168 e. The highest BCUT2D eigenvalue weighted by molar-refractivity contribution is 5.71. The van der Waals surface area contributed by atoms with Crippen LogP contribution in [0.25, 0.3) is 11.1 Å². The number of ether oxygens (including phenoxy) is 1. The molecule has 25 heavy (non-hydrogen) atoms. The van der Waals surface area contributed by atoms with Crippen LogP contribution in [-0.2, 0) is 6.61 Å². The van der Waals surface area contributed by atoms with E-state index in [0.717, 1.165) is 11.8 Å². The Kier molecular flexibility index (Phi) is 6.90. The molecule has 0 aliphatic carbocycles. The Hall–Kier alpha value is -2.94. The third kappa shape index (κ3) is 4.77. The van der Waals surface area contributed by atoms with Gasteiger partial charge in [0.15, 0.2) is 6.29 Å². The maximum Gasteiger partial charge on any atom is 0.168 e. The van der Waals surface area contributed by atoms with Crippen LogP contribution in [0.3, 0.4) is 0 Å². The fraction of sp³-hybridized carbons (Fsp3) is 0.182. The number of rotatable bonds is 5. The largest absolute Gasteiger partial charge is 0.487 e. The van der Waals surface area contributed by atoms with Crippen LogP contribution in [0.2, 0.25) is 0 Å². The number of nitrogens with zero attached hydrogens (tertiary/aromatic N) is 1. The molecule has 0 unspecified atom stereocenters. The van der Waals surface area contributed by atoms with E-state index >= 15 is 0 Å². The summed E-state index contributed by atoms with van der Waals surface area (Å²) >= 11 is 0. The van der Waals surface area contributed by atoms with Gasteiger partial charge >= 0.3 is 0 Å². The molecule has 0 N–H and O–H groups in total. The Balaban J connectivity index is 0.00000109. The second kappa shape index (κ2) is 9.38. The molecule has 0 saturated heterocycles. The number of carbonyl (C=O) groups is 1. The molecule has 0 bridgehead atoms. The molecule has 3 heteroatoms. The van der Waals surface area contributed by atoms with Gasteiger partial charge in [-0.2, -0.15) is 0 Å². The molecule has 1 heterocycles. The van der Waals surface area contributed by atoms with Gasteiger partial charge in [-0.05, 0) is 41.3 Å². The number of aldehydes is 1. The molecule has 0 aliphatic rings. The van der Waals surface area contributed by atoms with Crippen LogP contribution < -0.4 is 4.74 Å². The van der Waals surface area contributed by atoms with Crippen molar-refractivity contribution < 1.29 is 9.53 Å². The zero-order valence-corrected chi connectivity index (χ0v) is 14.9. The summed E-state index contributed by atoms with van der Waals surface area (Å²) in [5.74, 6) is 0.653. The first-order valence-electron chi connectivity index (χ1n) is 8.46. The van der Waals surface area contributed by atoms with Crippen LogP contribution in [0.1, 0.15) is 35.5 Å². The summed E-state index contributed by atoms with van der Waals surface area (Å²) in [6, 6.07) is 19.9. The van der Waals surface area contributed by atoms with E-state index < -0.39 is 0 Å². The molecule has 2 aromatic carbocycles. The van der Waals surface area contributed by atoms with Crippen molar-refractivity contribution in [2.45, 2.75) is 27.4 Å². The van der Waals surface area contributed by atoms with Crippen LogP contribution in [-0.4, -0.2) is 11.3 Å². The zero-order valence-electron chi connectivity index (χ0n) is 14.9. The highest BCUT2D eigenvalue weighted by atomic mass is 16.5. The van der Waals surface area contributed by atoms with Crippen molar-refractivity contribution in [3.8, 4) is 16.9 Å². The maximum atomic E-state index is 10.6. The molecule has 3 aromatic rings. The normalized spacial score (nSPS) is 9.72. The van der Waals surface area contributed by atoms with E-state index in [1.54, 1.807) is 18.3 Å². The summed E-state index contributed by atoms with van der Waals surface area (Å²) in [5.41, 5.74) is 5.14. The van der Waals surface area contributed by atoms with Crippen LogP contribution >= 0.6 is 0 Å². The molecule has 0 radical (unpaired) electrons. The summed E-state index contributed by atoms with van der Waals surface area (Å²) in [5, 5.41) is 0. The van der Waals surface area contributed by atoms with Gasteiger partial charge in [-0.3, -0.25) is 4.79 Å². The van der Waals surface area contributed by atoms with Gasteiger partial charge in [0, 0.05) is 0 Å². The molecule has 0 amide bonds. The number of aromatic nitrogens is 1. The monoisotopic (exact) mass is 333 g/mol. The van der Waals surface area contributed by atoms with Gasteiger partial charge in [0.2, 0.25) is 0 Å². The molecule has 0 spiro atoms. The molecule has 0 saturated carbocycles. The van der Waals surface area contributed by atoms with E-state index in [-0.39, 0.29) is 0 Å². The van der Waals surface area contributed by atoms with Crippen molar-refractivity contribution in [3.63, 3.8) is 0 Å². The summed E-state index contributed by atoms with van der Waals surface area (Å²) in [7, 11) is 0. The van der Waals surface area contributed by atoms with Crippen molar-refractivity contribution in [3.05, 3.63) is 83.7 Å². The second-order valence-corrected chi connectivity index (χ2v) is 5.28. The number of benzene rings is 2. The Morgan fingerprint density at radius 1 is 0.960 bits per heavy atom.